The molecule has 1 N–H and O–H groups in total. The van der Waals surface area contributed by atoms with E-state index in [2.05, 4.69) is 5.32 Å². The second-order valence-corrected chi connectivity index (χ2v) is 4.84. The van der Waals surface area contributed by atoms with Crippen LogP contribution >= 0.6 is 0 Å². The number of methoxy groups -OCH3 is 2. The van der Waals surface area contributed by atoms with E-state index in [9.17, 15) is 9.59 Å². The maximum Gasteiger partial charge on any atom is 0.255 e. The summed E-state index contributed by atoms with van der Waals surface area (Å²) in [7, 11) is 3.02. The molecule has 0 aromatic heterocycles. The molecule has 114 valence electrons. The molecule has 0 aliphatic carbocycles. The molecule has 0 bridgehead atoms. The third-order valence-corrected chi connectivity index (χ3v) is 3.51. The summed E-state index contributed by atoms with van der Waals surface area (Å²) in [5.74, 6) is 0.606. The van der Waals surface area contributed by atoms with Crippen molar-refractivity contribution in [2.45, 2.75) is 12.8 Å². The highest BCUT2D eigenvalue weighted by atomic mass is 16.5. The van der Waals surface area contributed by atoms with E-state index in [1.54, 1.807) is 23.1 Å². The number of nitrogens with one attached hydrogen (secondary N) is 1. The van der Waals surface area contributed by atoms with Crippen molar-refractivity contribution >= 4 is 11.8 Å². The zero-order valence-electron chi connectivity index (χ0n) is 12.3. The Hall–Kier alpha value is -2.24. The van der Waals surface area contributed by atoms with Crippen molar-refractivity contribution in [1.82, 2.24) is 10.2 Å². The van der Waals surface area contributed by atoms with Crippen molar-refractivity contribution in [3.05, 3.63) is 23.8 Å². The van der Waals surface area contributed by atoms with Crippen molar-refractivity contribution in [1.29, 1.82) is 0 Å². The zero-order valence-corrected chi connectivity index (χ0v) is 12.3. The highest BCUT2D eigenvalue weighted by Crippen LogP contribution is 2.23. The maximum atomic E-state index is 12.2. The van der Waals surface area contributed by atoms with Crippen LogP contribution in [0.2, 0.25) is 0 Å². The molecule has 1 fully saturated rings. The number of benzene rings is 1. The van der Waals surface area contributed by atoms with Crippen LogP contribution in [0, 0.1) is 0 Å². The van der Waals surface area contributed by atoms with Crippen molar-refractivity contribution < 1.29 is 19.1 Å². The SMILES string of the molecule is COc1ccc(OC)c(C(=O)NCC(=O)N2CCCC2)c1. The monoisotopic (exact) mass is 292 g/mol. The second kappa shape index (κ2) is 6.97. The first kappa shape index (κ1) is 15.2. The average Bonchev–Trinajstić information content (AvgIpc) is 3.06. The molecule has 1 aliphatic rings. The van der Waals surface area contributed by atoms with E-state index in [1.807, 2.05) is 0 Å². The van der Waals surface area contributed by atoms with Crippen LogP contribution in [-0.2, 0) is 4.79 Å². The van der Waals surface area contributed by atoms with Crippen molar-refractivity contribution in [3.8, 4) is 11.5 Å². The molecule has 0 radical (unpaired) electrons. The van der Waals surface area contributed by atoms with Gasteiger partial charge in [0.05, 0.1) is 26.3 Å². The number of nitrogens with zero attached hydrogens (tertiary/aromatic N) is 1. The molecule has 21 heavy (non-hydrogen) atoms. The summed E-state index contributed by atoms with van der Waals surface area (Å²) in [5, 5.41) is 2.64. The summed E-state index contributed by atoms with van der Waals surface area (Å²) in [5.41, 5.74) is 0.353. The van der Waals surface area contributed by atoms with Gasteiger partial charge in [0.15, 0.2) is 0 Å². The minimum absolute atomic E-state index is 0.000796. The lowest BCUT2D eigenvalue weighted by Crippen LogP contribution is -2.38. The van der Waals surface area contributed by atoms with Crippen molar-refractivity contribution in [2.75, 3.05) is 33.9 Å². The summed E-state index contributed by atoms with van der Waals surface area (Å²) in [6, 6.07) is 4.97. The number of hydrogen-bond acceptors (Lipinski definition) is 4. The molecule has 1 saturated heterocycles. The van der Waals surface area contributed by atoms with E-state index in [4.69, 9.17) is 9.47 Å². The van der Waals surface area contributed by atoms with E-state index in [0.717, 1.165) is 25.9 Å². The van der Waals surface area contributed by atoms with Gasteiger partial charge < -0.3 is 19.7 Å². The molecule has 1 aromatic carbocycles. The molecule has 1 heterocycles. The van der Waals surface area contributed by atoms with E-state index >= 15 is 0 Å². The second-order valence-electron chi connectivity index (χ2n) is 4.84. The Morgan fingerprint density at radius 3 is 2.52 bits per heavy atom. The molecule has 6 nitrogen and oxygen atoms in total. The lowest BCUT2D eigenvalue weighted by Gasteiger charge is -2.16. The van der Waals surface area contributed by atoms with Gasteiger partial charge in [0.25, 0.3) is 5.91 Å². The van der Waals surface area contributed by atoms with Crippen LogP contribution in [0.15, 0.2) is 18.2 Å². The van der Waals surface area contributed by atoms with Gasteiger partial charge >= 0.3 is 0 Å². The van der Waals surface area contributed by atoms with Crippen LogP contribution in [0.25, 0.3) is 0 Å². The number of carbonyl (C=O) groups excluding carboxylic acids is 2. The predicted molar refractivity (Wildman–Crippen MR) is 77.7 cm³/mol. The van der Waals surface area contributed by atoms with Crippen LogP contribution in [0.5, 0.6) is 11.5 Å². The fraction of sp³-hybridized carbons (Fsp3) is 0.467. The largest absolute Gasteiger partial charge is 0.497 e. The number of likely N-dealkylation sites (tertiary alicyclic amines) is 1. The van der Waals surface area contributed by atoms with Gasteiger partial charge in [0.2, 0.25) is 5.91 Å². The highest BCUT2D eigenvalue weighted by Gasteiger charge is 2.19. The third kappa shape index (κ3) is 3.65. The molecule has 2 amide bonds. The number of rotatable bonds is 5. The molecule has 6 heteroatoms. The number of hydrogen-bond donors (Lipinski definition) is 1. The first-order valence-corrected chi connectivity index (χ1v) is 6.93. The van der Waals surface area contributed by atoms with E-state index < -0.39 is 0 Å². The quantitative estimate of drug-likeness (QED) is 0.881. The van der Waals surface area contributed by atoms with Gasteiger partial charge in [-0.2, -0.15) is 0 Å². The summed E-state index contributed by atoms with van der Waals surface area (Å²) in [4.78, 5) is 25.9. The molecule has 0 atom stereocenters. The molecule has 0 spiro atoms. The Bertz CT molecular complexity index is 524. The van der Waals surface area contributed by atoms with Gasteiger partial charge in [0, 0.05) is 13.1 Å². The lowest BCUT2D eigenvalue weighted by atomic mass is 10.1. The van der Waals surface area contributed by atoms with Crippen LogP contribution in [0.3, 0.4) is 0 Å². The third-order valence-electron chi connectivity index (χ3n) is 3.51. The number of ether oxygens (including phenoxy) is 2. The normalized spacial score (nSPS) is 13.9. The van der Waals surface area contributed by atoms with E-state index in [1.165, 1.54) is 14.2 Å². The Labute approximate surface area is 124 Å². The van der Waals surface area contributed by atoms with E-state index in [0.29, 0.717) is 17.1 Å². The average molecular weight is 292 g/mol. The van der Waals surface area contributed by atoms with Gasteiger partial charge in [-0.25, -0.2) is 0 Å². The molecule has 0 saturated carbocycles. The molecule has 1 aromatic rings. The number of amides is 2. The Morgan fingerprint density at radius 1 is 1.19 bits per heavy atom. The van der Waals surface area contributed by atoms with Crippen LogP contribution in [0.4, 0.5) is 0 Å². The van der Waals surface area contributed by atoms with Crippen molar-refractivity contribution in [2.24, 2.45) is 0 Å². The molecular weight excluding hydrogens is 272 g/mol. The molecule has 1 aliphatic heterocycles. The van der Waals surface area contributed by atoms with Crippen molar-refractivity contribution in [3.63, 3.8) is 0 Å². The summed E-state index contributed by atoms with van der Waals surface area (Å²) in [6.07, 6.45) is 2.06. The fourth-order valence-corrected chi connectivity index (χ4v) is 2.32. The first-order valence-electron chi connectivity index (χ1n) is 6.93. The topological polar surface area (TPSA) is 67.9 Å². The zero-order chi connectivity index (χ0) is 15.2. The van der Waals surface area contributed by atoms with Gasteiger partial charge in [-0.15, -0.1) is 0 Å². The van der Waals surface area contributed by atoms with Gasteiger partial charge in [-0.1, -0.05) is 0 Å². The Morgan fingerprint density at radius 2 is 1.90 bits per heavy atom. The number of carbonyl (C=O) groups is 2. The molecular formula is C15H20N2O4. The van der Waals surface area contributed by atoms with Gasteiger partial charge in [0.1, 0.15) is 11.5 Å². The predicted octanol–water partition coefficient (Wildman–Crippen LogP) is 1.06. The highest BCUT2D eigenvalue weighted by molar-refractivity contribution is 5.99. The maximum absolute atomic E-state index is 12.2. The van der Waals surface area contributed by atoms with Crippen LogP contribution in [0.1, 0.15) is 23.2 Å². The first-order chi connectivity index (χ1) is 10.2. The Kier molecular flexibility index (Phi) is 5.03. The van der Waals surface area contributed by atoms with E-state index in [-0.39, 0.29) is 18.4 Å². The summed E-state index contributed by atoms with van der Waals surface area (Å²) < 4.78 is 10.3. The summed E-state index contributed by atoms with van der Waals surface area (Å²) in [6.45, 7) is 1.55. The lowest BCUT2D eigenvalue weighted by molar-refractivity contribution is -0.129. The van der Waals surface area contributed by atoms with Crippen LogP contribution in [-0.4, -0.2) is 50.6 Å². The van der Waals surface area contributed by atoms with Gasteiger partial charge in [-0.3, -0.25) is 9.59 Å². The van der Waals surface area contributed by atoms with Gasteiger partial charge in [-0.05, 0) is 31.0 Å². The molecule has 2 rings (SSSR count). The fourth-order valence-electron chi connectivity index (χ4n) is 2.32. The minimum atomic E-state index is -0.349. The summed E-state index contributed by atoms with van der Waals surface area (Å²) >= 11 is 0. The standard InChI is InChI=1S/C15H20N2O4/c1-20-11-5-6-13(21-2)12(9-11)15(19)16-10-14(18)17-7-3-4-8-17/h5-6,9H,3-4,7-8,10H2,1-2H3,(H,16,19). The molecule has 0 unspecified atom stereocenters. The minimum Gasteiger partial charge on any atom is -0.497 e. The van der Waals surface area contributed by atoms with Crippen LogP contribution < -0.4 is 14.8 Å². The Balaban J connectivity index is 2.00. The smallest absolute Gasteiger partial charge is 0.255 e.